The van der Waals surface area contributed by atoms with Gasteiger partial charge >= 0.3 is 17.9 Å². The number of rotatable bonds is 11. The minimum Gasteiger partial charge on any atom is -0.459 e. The Kier molecular flexibility index (Phi) is 11.9. The Morgan fingerprint density at radius 2 is 1.30 bits per heavy atom. The molecule has 1 saturated heterocycles. The van der Waals surface area contributed by atoms with Crippen LogP contribution in [0.3, 0.4) is 0 Å². The van der Waals surface area contributed by atoms with Crippen molar-refractivity contribution in [3.63, 3.8) is 0 Å². The number of nitrogens with zero attached hydrogens (tertiary/aromatic N) is 1. The number of aromatic nitrogens is 2. The molecule has 14 nitrogen and oxygen atoms in total. The van der Waals surface area contributed by atoms with E-state index in [-0.39, 0.29) is 38.9 Å². The maximum absolute atomic E-state index is 14.0. The number of hydrogen-bond donors (Lipinski definition) is 4. The average molecular weight is 790 g/mol. The first-order valence-corrected chi connectivity index (χ1v) is 18.2. The van der Waals surface area contributed by atoms with Crippen LogP contribution in [0.4, 0.5) is 5.69 Å². The van der Waals surface area contributed by atoms with Gasteiger partial charge in [-0.2, -0.15) is 5.10 Å². The molecule has 0 spiro atoms. The van der Waals surface area contributed by atoms with Gasteiger partial charge < -0.3 is 30.0 Å². The van der Waals surface area contributed by atoms with Crippen LogP contribution in [-0.4, -0.2) is 69.4 Å². The molecule has 0 radical (unpaired) electrons. The minimum absolute atomic E-state index is 0.0944. The predicted molar refractivity (Wildman–Crippen MR) is 212 cm³/mol. The molecule has 5 aromatic rings. The van der Waals surface area contributed by atoms with Crippen molar-refractivity contribution in [1.82, 2.24) is 15.5 Å². The molecule has 292 valence electrons. The highest BCUT2D eigenvalue weighted by Gasteiger charge is 2.61. The molecule has 0 bridgehead atoms. The van der Waals surface area contributed by atoms with E-state index in [4.69, 9.17) is 36.9 Å². The summed E-state index contributed by atoms with van der Waals surface area (Å²) in [6.45, 7) is 6.58. The number of hydrogen-bond acceptors (Lipinski definition) is 11. The molecule has 1 fully saturated rings. The van der Waals surface area contributed by atoms with Gasteiger partial charge in [-0.15, -0.1) is 0 Å². The Labute approximate surface area is 333 Å². The molecule has 4 atom stereocenters. The molecule has 5 N–H and O–H groups in total. The zero-order chi connectivity index (χ0) is 40.9. The number of anilines is 1. The number of thiocarbonyl (C=S) groups is 1. The SMILES string of the molecule is Cc1ccc(C(=O)OC[C@H]2O[C@@H](c3n[nH]c(C(N)=O)c3NC(=S)NC(=O)c3ccccc3)[C@](C)(OC(=O)c3ccc(C)cc3)[C@@H]2OC(=O)c2ccc(C)cc2)cc1. The van der Waals surface area contributed by atoms with Crippen LogP contribution >= 0.6 is 12.2 Å². The first kappa shape index (κ1) is 40.0. The fourth-order valence-corrected chi connectivity index (χ4v) is 6.37. The molecule has 57 heavy (non-hydrogen) atoms. The number of nitrogens with two attached hydrogens (primary N) is 1. The zero-order valence-electron chi connectivity index (χ0n) is 31.4. The highest BCUT2D eigenvalue weighted by molar-refractivity contribution is 7.80. The molecule has 1 aliphatic rings. The maximum atomic E-state index is 14.0. The van der Waals surface area contributed by atoms with Crippen molar-refractivity contribution in [2.45, 2.75) is 51.6 Å². The highest BCUT2D eigenvalue weighted by atomic mass is 32.1. The Balaban J connectivity index is 1.41. The Bertz CT molecular complexity index is 2310. The molecule has 4 aromatic carbocycles. The lowest BCUT2D eigenvalue weighted by Gasteiger charge is -2.34. The smallest absolute Gasteiger partial charge is 0.338 e. The summed E-state index contributed by atoms with van der Waals surface area (Å²) in [5.41, 5.74) is 6.95. The van der Waals surface area contributed by atoms with Gasteiger partial charge in [0, 0.05) is 5.56 Å². The molecule has 1 aromatic heterocycles. The zero-order valence-corrected chi connectivity index (χ0v) is 32.2. The van der Waals surface area contributed by atoms with Crippen LogP contribution in [0.25, 0.3) is 0 Å². The van der Waals surface area contributed by atoms with Crippen molar-refractivity contribution in [3.05, 3.63) is 153 Å². The third kappa shape index (κ3) is 9.06. The van der Waals surface area contributed by atoms with E-state index in [1.165, 1.54) is 6.92 Å². The van der Waals surface area contributed by atoms with Crippen molar-refractivity contribution in [2.24, 2.45) is 5.73 Å². The first-order chi connectivity index (χ1) is 27.2. The molecule has 0 saturated carbocycles. The Morgan fingerprint density at radius 1 is 0.772 bits per heavy atom. The number of carbonyl (C=O) groups excluding carboxylic acids is 5. The van der Waals surface area contributed by atoms with E-state index in [2.05, 4.69) is 20.8 Å². The lowest BCUT2D eigenvalue weighted by Crippen LogP contribution is -2.50. The van der Waals surface area contributed by atoms with E-state index < -0.39 is 60.2 Å². The van der Waals surface area contributed by atoms with Gasteiger partial charge in [-0.1, -0.05) is 71.3 Å². The van der Waals surface area contributed by atoms with Crippen molar-refractivity contribution in [1.29, 1.82) is 0 Å². The van der Waals surface area contributed by atoms with Gasteiger partial charge in [-0.25, -0.2) is 14.4 Å². The average Bonchev–Trinajstić information content (AvgIpc) is 3.71. The molecular weight excluding hydrogens is 751 g/mol. The van der Waals surface area contributed by atoms with Crippen LogP contribution in [-0.2, 0) is 18.9 Å². The number of nitrogens with one attached hydrogen (secondary N) is 3. The minimum atomic E-state index is -1.95. The summed E-state index contributed by atoms with van der Waals surface area (Å²) in [5, 5.41) is 12.0. The summed E-state index contributed by atoms with van der Waals surface area (Å²) in [7, 11) is 0. The number of amides is 2. The number of aryl methyl sites for hydroxylation is 3. The van der Waals surface area contributed by atoms with Crippen LogP contribution in [0.2, 0.25) is 0 Å². The largest absolute Gasteiger partial charge is 0.459 e. The van der Waals surface area contributed by atoms with Crippen LogP contribution < -0.4 is 16.4 Å². The van der Waals surface area contributed by atoms with Gasteiger partial charge in [0.05, 0.1) is 22.4 Å². The van der Waals surface area contributed by atoms with E-state index in [0.717, 1.165) is 16.7 Å². The van der Waals surface area contributed by atoms with E-state index in [0.29, 0.717) is 5.56 Å². The van der Waals surface area contributed by atoms with E-state index >= 15 is 0 Å². The summed E-state index contributed by atoms with van der Waals surface area (Å²) >= 11 is 5.46. The second-order valence-electron chi connectivity index (χ2n) is 13.6. The molecule has 2 amide bonds. The maximum Gasteiger partial charge on any atom is 0.338 e. The molecule has 6 rings (SSSR count). The Hall–Kier alpha value is -6.71. The van der Waals surface area contributed by atoms with E-state index in [1.807, 2.05) is 20.8 Å². The summed E-state index contributed by atoms with van der Waals surface area (Å²) in [4.78, 5) is 66.7. The lowest BCUT2D eigenvalue weighted by atomic mass is 9.89. The second-order valence-corrected chi connectivity index (χ2v) is 14.1. The summed E-state index contributed by atoms with van der Waals surface area (Å²) in [5.74, 6) is -3.81. The lowest BCUT2D eigenvalue weighted by molar-refractivity contribution is -0.0895. The third-order valence-corrected chi connectivity index (χ3v) is 9.52. The molecule has 2 heterocycles. The molecule has 1 aliphatic heterocycles. The van der Waals surface area contributed by atoms with Crippen LogP contribution in [0.1, 0.15) is 87.3 Å². The Morgan fingerprint density at radius 3 is 1.84 bits per heavy atom. The van der Waals surface area contributed by atoms with E-state index in [1.54, 1.807) is 103 Å². The third-order valence-electron chi connectivity index (χ3n) is 9.31. The van der Waals surface area contributed by atoms with Crippen molar-refractivity contribution in [2.75, 3.05) is 11.9 Å². The standard InChI is InChI=1S/C42H39N5O9S/c1-23-10-16-27(17-11-23)38(50)53-22-30-34(55-39(51)28-18-12-24(2)13-19-28)42(4,56-40(52)29-20-14-25(3)15-21-29)35(54-30)32-31(33(36(43)48)47-46-32)44-41(57)45-37(49)26-8-6-5-7-9-26/h5-21,30,34-35H,22H2,1-4H3,(H2,43,48)(H,46,47)(H2,44,45,49,57)/t30-,34-,35+,42-/m1/s1. The number of esters is 3. The van der Waals surface area contributed by atoms with Crippen molar-refractivity contribution >= 4 is 52.7 Å². The normalized spacial score (nSPS) is 18.6. The molecular formula is C42H39N5O9S. The van der Waals surface area contributed by atoms with Gasteiger partial charge in [-0.3, -0.25) is 20.0 Å². The van der Waals surface area contributed by atoms with Crippen LogP contribution in [0.5, 0.6) is 0 Å². The number of ether oxygens (including phenoxy) is 4. The van der Waals surface area contributed by atoms with Crippen LogP contribution in [0, 0.1) is 20.8 Å². The van der Waals surface area contributed by atoms with Crippen molar-refractivity contribution in [3.8, 4) is 0 Å². The van der Waals surface area contributed by atoms with Gasteiger partial charge in [0.15, 0.2) is 16.8 Å². The fourth-order valence-electron chi connectivity index (χ4n) is 6.18. The highest BCUT2D eigenvalue weighted by Crippen LogP contribution is 2.48. The molecule has 0 aliphatic carbocycles. The predicted octanol–water partition coefficient (Wildman–Crippen LogP) is 5.70. The monoisotopic (exact) mass is 789 g/mol. The quantitative estimate of drug-likeness (QED) is 0.0724. The topological polar surface area (TPSA) is 201 Å². The second kappa shape index (κ2) is 17.0. The van der Waals surface area contributed by atoms with Crippen molar-refractivity contribution < 1.29 is 42.9 Å². The van der Waals surface area contributed by atoms with E-state index in [9.17, 15) is 24.0 Å². The first-order valence-electron chi connectivity index (χ1n) is 17.8. The fraction of sp³-hybridized carbons (Fsp3) is 0.214. The van der Waals surface area contributed by atoms with Gasteiger partial charge in [0.1, 0.15) is 30.2 Å². The number of primary amides is 1. The van der Waals surface area contributed by atoms with Gasteiger partial charge in [-0.05, 0) is 88.4 Å². The summed E-state index contributed by atoms with van der Waals surface area (Å²) in [6, 6.07) is 28.2. The molecule has 0 unspecified atom stereocenters. The number of benzene rings is 4. The number of carbonyl (C=O) groups is 5. The van der Waals surface area contributed by atoms with Gasteiger partial charge in [0.2, 0.25) is 0 Å². The number of H-pyrrole nitrogens is 1. The van der Waals surface area contributed by atoms with Gasteiger partial charge in [0.25, 0.3) is 11.8 Å². The summed E-state index contributed by atoms with van der Waals surface area (Å²) in [6.07, 6.45) is -4.19. The molecule has 15 heteroatoms. The van der Waals surface area contributed by atoms with Crippen LogP contribution in [0.15, 0.2) is 103 Å². The summed E-state index contributed by atoms with van der Waals surface area (Å²) < 4.78 is 24.6. The number of aromatic amines is 1.